The summed E-state index contributed by atoms with van der Waals surface area (Å²) in [5.74, 6) is -0.574. The van der Waals surface area contributed by atoms with Crippen molar-refractivity contribution in [3.05, 3.63) is 84.2 Å². The Morgan fingerprint density at radius 3 is 2.32 bits per heavy atom. The zero-order valence-electron chi connectivity index (χ0n) is 16.0. The number of hydrogen-bond acceptors (Lipinski definition) is 4. The molecule has 1 unspecified atom stereocenters. The first-order valence-corrected chi connectivity index (χ1v) is 10.3. The number of hydrogen-bond donors (Lipinski definition) is 0. The highest BCUT2D eigenvalue weighted by molar-refractivity contribution is 7.85. The smallest absolute Gasteiger partial charge is 0.306 e. The van der Waals surface area contributed by atoms with Crippen molar-refractivity contribution in [2.75, 3.05) is 7.11 Å². The van der Waals surface area contributed by atoms with Crippen LogP contribution in [0, 0.1) is 0 Å². The summed E-state index contributed by atoms with van der Waals surface area (Å²) in [6.07, 6.45) is 4.15. The van der Waals surface area contributed by atoms with Crippen molar-refractivity contribution in [1.29, 1.82) is 0 Å². The highest BCUT2D eigenvalue weighted by Gasteiger charge is 2.33. The van der Waals surface area contributed by atoms with Crippen molar-refractivity contribution in [2.24, 2.45) is 7.05 Å². The van der Waals surface area contributed by atoms with Crippen molar-refractivity contribution < 1.29 is 13.7 Å². The quantitative estimate of drug-likeness (QED) is 0.547. The summed E-state index contributed by atoms with van der Waals surface area (Å²) in [4.78, 5) is 16.5. The SMILES string of the molecule is COC(=O)C[C@H](c1ccccc1)[C@H](Cc1ccccc1)S(=O)c1nccn1C. The normalized spacial score (nSPS) is 14.2. The van der Waals surface area contributed by atoms with E-state index in [1.165, 1.54) is 7.11 Å². The van der Waals surface area contributed by atoms with Crippen LogP contribution >= 0.6 is 0 Å². The number of imidazole rings is 1. The molecule has 0 spiro atoms. The molecule has 0 radical (unpaired) electrons. The summed E-state index contributed by atoms with van der Waals surface area (Å²) in [7, 11) is 1.81. The molecule has 5 nitrogen and oxygen atoms in total. The van der Waals surface area contributed by atoms with Gasteiger partial charge in [0, 0.05) is 25.4 Å². The zero-order valence-corrected chi connectivity index (χ0v) is 16.8. The van der Waals surface area contributed by atoms with Crippen LogP contribution in [0.2, 0.25) is 0 Å². The van der Waals surface area contributed by atoms with Gasteiger partial charge in [0.15, 0.2) is 5.16 Å². The topological polar surface area (TPSA) is 61.2 Å². The molecule has 0 bridgehead atoms. The summed E-state index contributed by atoms with van der Waals surface area (Å²) >= 11 is 0. The fourth-order valence-corrected chi connectivity index (χ4v) is 5.00. The van der Waals surface area contributed by atoms with Crippen LogP contribution in [0.25, 0.3) is 0 Å². The van der Waals surface area contributed by atoms with Gasteiger partial charge in [-0.1, -0.05) is 60.7 Å². The highest BCUT2D eigenvalue weighted by atomic mass is 32.2. The minimum absolute atomic E-state index is 0.161. The van der Waals surface area contributed by atoms with E-state index in [9.17, 15) is 9.00 Å². The summed E-state index contributed by atoms with van der Waals surface area (Å²) in [5.41, 5.74) is 2.04. The number of aryl methyl sites for hydroxylation is 1. The largest absolute Gasteiger partial charge is 0.469 e. The third-order valence-corrected chi connectivity index (χ3v) is 6.60. The number of aromatic nitrogens is 2. The van der Waals surface area contributed by atoms with Gasteiger partial charge < -0.3 is 9.30 Å². The molecule has 3 atom stereocenters. The fourth-order valence-electron chi connectivity index (χ4n) is 3.32. The lowest BCUT2D eigenvalue weighted by Gasteiger charge is -2.26. The molecule has 28 heavy (non-hydrogen) atoms. The molecule has 3 aromatic rings. The molecule has 0 aliphatic rings. The van der Waals surface area contributed by atoms with E-state index in [4.69, 9.17) is 4.74 Å². The van der Waals surface area contributed by atoms with Crippen molar-refractivity contribution in [2.45, 2.75) is 29.2 Å². The van der Waals surface area contributed by atoms with Gasteiger partial charge in [0.1, 0.15) is 0 Å². The van der Waals surface area contributed by atoms with E-state index >= 15 is 0 Å². The van der Waals surface area contributed by atoms with Gasteiger partial charge in [0.25, 0.3) is 0 Å². The number of nitrogens with zero attached hydrogens (tertiary/aromatic N) is 2. The van der Waals surface area contributed by atoms with E-state index < -0.39 is 10.8 Å². The fraction of sp³-hybridized carbons (Fsp3) is 0.273. The second kappa shape index (κ2) is 9.46. The zero-order chi connectivity index (χ0) is 19.9. The van der Waals surface area contributed by atoms with Crippen LogP contribution in [0.15, 0.2) is 78.2 Å². The lowest BCUT2D eigenvalue weighted by molar-refractivity contribution is -0.141. The van der Waals surface area contributed by atoms with Crippen LogP contribution in [0.4, 0.5) is 0 Å². The molecule has 0 saturated heterocycles. The molecular formula is C22H24N2O3S. The lowest BCUT2D eigenvalue weighted by Crippen LogP contribution is -2.30. The molecule has 0 aliphatic heterocycles. The Hall–Kier alpha value is -2.73. The van der Waals surface area contributed by atoms with Crippen LogP contribution in [-0.4, -0.2) is 32.1 Å². The van der Waals surface area contributed by atoms with Gasteiger partial charge in [0.2, 0.25) is 0 Å². The molecule has 0 N–H and O–H groups in total. The second-order valence-corrected chi connectivity index (χ2v) is 8.21. The summed E-state index contributed by atoms with van der Waals surface area (Å²) < 4.78 is 20.3. The number of carbonyl (C=O) groups excluding carboxylic acids is 1. The first-order valence-electron chi connectivity index (χ1n) is 9.13. The predicted molar refractivity (Wildman–Crippen MR) is 109 cm³/mol. The van der Waals surface area contributed by atoms with Crippen LogP contribution in [0.5, 0.6) is 0 Å². The molecule has 0 amide bonds. The monoisotopic (exact) mass is 396 g/mol. The number of benzene rings is 2. The minimum Gasteiger partial charge on any atom is -0.469 e. The Kier molecular flexibility index (Phi) is 6.76. The maximum Gasteiger partial charge on any atom is 0.306 e. The van der Waals surface area contributed by atoms with Crippen molar-refractivity contribution in [1.82, 2.24) is 9.55 Å². The summed E-state index contributed by atoms with van der Waals surface area (Å²) in [6.45, 7) is 0. The Morgan fingerprint density at radius 1 is 1.11 bits per heavy atom. The average Bonchev–Trinajstić information content (AvgIpc) is 3.17. The highest BCUT2D eigenvalue weighted by Crippen LogP contribution is 2.32. The van der Waals surface area contributed by atoms with Crippen LogP contribution in [-0.2, 0) is 33.8 Å². The average molecular weight is 397 g/mol. The van der Waals surface area contributed by atoms with E-state index in [0.717, 1.165) is 11.1 Å². The van der Waals surface area contributed by atoms with E-state index in [-0.39, 0.29) is 23.6 Å². The number of ether oxygens (including phenoxy) is 1. The Morgan fingerprint density at radius 2 is 1.75 bits per heavy atom. The van der Waals surface area contributed by atoms with Gasteiger partial charge in [-0.15, -0.1) is 0 Å². The van der Waals surface area contributed by atoms with Gasteiger partial charge in [-0.05, 0) is 17.5 Å². The van der Waals surface area contributed by atoms with Crippen LogP contribution in [0.1, 0.15) is 23.5 Å². The van der Waals surface area contributed by atoms with E-state index in [1.54, 1.807) is 17.0 Å². The predicted octanol–water partition coefficient (Wildman–Crippen LogP) is 3.49. The molecule has 0 aliphatic carbocycles. The molecule has 0 saturated carbocycles. The van der Waals surface area contributed by atoms with E-state index in [0.29, 0.717) is 11.6 Å². The first kappa shape index (κ1) is 20.0. The Bertz CT molecular complexity index is 925. The summed E-state index contributed by atoms with van der Waals surface area (Å²) in [6, 6.07) is 19.7. The Labute approximate surface area is 167 Å². The first-order chi connectivity index (χ1) is 13.6. The molecular weight excluding hydrogens is 372 g/mol. The molecule has 0 fully saturated rings. The molecule has 146 valence electrons. The molecule has 1 heterocycles. The minimum atomic E-state index is -1.41. The second-order valence-electron chi connectivity index (χ2n) is 6.64. The Balaban J connectivity index is 2.04. The maximum absolute atomic E-state index is 13.6. The third kappa shape index (κ3) is 4.75. The standard InChI is InChI=1S/C22H24N2O3S/c1-24-14-13-23-22(24)28(26)20(15-17-9-5-3-6-10-17)19(16-21(25)27-2)18-11-7-4-8-12-18/h3-14,19-20H,15-16H2,1-2H3/t19-,20+,28?/m1/s1. The van der Waals surface area contributed by atoms with E-state index in [2.05, 4.69) is 4.98 Å². The van der Waals surface area contributed by atoms with Gasteiger partial charge in [-0.25, -0.2) is 4.98 Å². The molecule has 6 heteroatoms. The van der Waals surface area contributed by atoms with Crippen LogP contribution < -0.4 is 0 Å². The molecule has 1 aromatic heterocycles. The lowest BCUT2D eigenvalue weighted by atomic mass is 9.89. The number of rotatable bonds is 8. The summed E-state index contributed by atoms with van der Waals surface area (Å²) in [5, 5.41) is 0.178. The number of esters is 1. The van der Waals surface area contributed by atoms with Gasteiger partial charge >= 0.3 is 5.97 Å². The third-order valence-electron chi connectivity index (χ3n) is 4.80. The van der Waals surface area contributed by atoms with E-state index in [1.807, 2.05) is 67.7 Å². The van der Waals surface area contributed by atoms with Gasteiger partial charge in [-0.2, -0.15) is 0 Å². The van der Waals surface area contributed by atoms with Crippen molar-refractivity contribution in [3.63, 3.8) is 0 Å². The maximum atomic E-state index is 13.6. The van der Waals surface area contributed by atoms with Gasteiger partial charge in [-0.3, -0.25) is 9.00 Å². The molecule has 2 aromatic carbocycles. The van der Waals surface area contributed by atoms with Gasteiger partial charge in [0.05, 0.1) is 29.6 Å². The number of carbonyl (C=O) groups is 1. The van der Waals surface area contributed by atoms with Crippen molar-refractivity contribution >= 4 is 16.8 Å². The van der Waals surface area contributed by atoms with Crippen molar-refractivity contribution in [3.8, 4) is 0 Å². The molecule has 3 rings (SSSR count). The number of methoxy groups -OCH3 is 1. The van der Waals surface area contributed by atoms with Crippen LogP contribution in [0.3, 0.4) is 0 Å².